The van der Waals surface area contributed by atoms with Crippen molar-refractivity contribution in [2.24, 2.45) is 4.99 Å². The van der Waals surface area contributed by atoms with Crippen molar-refractivity contribution in [2.75, 3.05) is 18.6 Å². The van der Waals surface area contributed by atoms with Crippen LogP contribution < -0.4 is 19.8 Å². The number of esters is 1. The van der Waals surface area contributed by atoms with E-state index in [0.29, 0.717) is 38.3 Å². The summed E-state index contributed by atoms with van der Waals surface area (Å²) < 4.78 is 6.82. The van der Waals surface area contributed by atoms with Crippen LogP contribution in [-0.2, 0) is 14.3 Å². The van der Waals surface area contributed by atoms with Gasteiger partial charge in [0, 0.05) is 17.0 Å². The molecule has 2 aliphatic heterocycles. The van der Waals surface area contributed by atoms with E-state index < -0.39 is 12.0 Å². The lowest BCUT2D eigenvalue weighted by Crippen LogP contribution is -2.40. The molecule has 2 aromatic heterocycles. The Kier molecular flexibility index (Phi) is 5.22. The molecule has 0 fully saturated rings. The molecule has 0 bridgehead atoms. The number of para-hydroxylation sites is 1. The van der Waals surface area contributed by atoms with Gasteiger partial charge in [0.25, 0.3) is 11.5 Å². The molecule has 0 spiro atoms. The minimum absolute atomic E-state index is 0.252. The maximum Gasteiger partial charge on any atom is 0.338 e. The first kappa shape index (κ1) is 21.3. The lowest BCUT2D eigenvalue weighted by molar-refractivity contribution is -0.136. The van der Waals surface area contributed by atoms with Gasteiger partial charge in [0.1, 0.15) is 10.6 Å². The molecule has 166 valence electrons. The Morgan fingerprint density at radius 2 is 2.03 bits per heavy atom. The van der Waals surface area contributed by atoms with Crippen LogP contribution in [-0.4, -0.2) is 30.1 Å². The van der Waals surface area contributed by atoms with Crippen LogP contribution in [0.1, 0.15) is 23.4 Å². The smallest absolute Gasteiger partial charge is 0.338 e. The minimum atomic E-state index is -0.668. The highest BCUT2D eigenvalue weighted by atomic mass is 32.1. The van der Waals surface area contributed by atoms with Gasteiger partial charge in [-0.3, -0.25) is 14.2 Å². The molecule has 0 N–H and O–H groups in total. The van der Waals surface area contributed by atoms with Gasteiger partial charge >= 0.3 is 5.97 Å². The Morgan fingerprint density at radius 1 is 1.24 bits per heavy atom. The Morgan fingerprint density at radius 3 is 2.73 bits per heavy atom. The molecule has 3 aromatic rings. The van der Waals surface area contributed by atoms with Crippen LogP contribution in [0.25, 0.3) is 5.57 Å². The number of thiophene rings is 1. The normalized spacial score (nSPS) is 18.7. The number of rotatable bonds is 4. The molecule has 0 aliphatic carbocycles. The predicted molar refractivity (Wildman–Crippen MR) is 128 cm³/mol. The summed E-state index contributed by atoms with van der Waals surface area (Å²) >= 11 is 2.61. The highest BCUT2D eigenvalue weighted by Crippen LogP contribution is 2.36. The van der Waals surface area contributed by atoms with Crippen molar-refractivity contribution in [2.45, 2.75) is 13.0 Å². The van der Waals surface area contributed by atoms with Crippen molar-refractivity contribution in [3.63, 3.8) is 0 Å². The van der Waals surface area contributed by atoms with Gasteiger partial charge < -0.3 is 9.64 Å². The number of fused-ring (bicyclic) bond motifs is 2. The van der Waals surface area contributed by atoms with E-state index in [1.807, 2.05) is 41.8 Å². The van der Waals surface area contributed by atoms with Crippen molar-refractivity contribution in [1.82, 2.24) is 4.57 Å². The zero-order valence-electron chi connectivity index (χ0n) is 17.9. The SMILES string of the molecule is C=CCN1C(=O)C(=c2sc3n(c2=O)[C@@H](c2cccs2)C(C(=O)OC)=C(C)N=3)c2ccccc21. The fourth-order valence-corrected chi connectivity index (χ4v) is 6.23. The summed E-state index contributed by atoms with van der Waals surface area (Å²) in [6.07, 6.45) is 1.65. The molecule has 9 heteroatoms. The fourth-order valence-electron chi connectivity index (χ4n) is 4.27. The lowest BCUT2D eigenvalue weighted by Gasteiger charge is -2.22. The van der Waals surface area contributed by atoms with Gasteiger partial charge in [0.2, 0.25) is 0 Å². The summed E-state index contributed by atoms with van der Waals surface area (Å²) in [7, 11) is 1.31. The van der Waals surface area contributed by atoms with Crippen LogP contribution in [0.2, 0.25) is 0 Å². The van der Waals surface area contributed by atoms with E-state index >= 15 is 0 Å². The highest BCUT2D eigenvalue weighted by molar-refractivity contribution is 7.10. The molecule has 0 saturated heterocycles. The van der Waals surface area contributed by atoms with Gasteiger partial charge in [-0.25, -0.2) is 9.79 Å². The zero-order chi connectivity index (χ0) is 23.3. The number of thiazole rings is 1. The van der Waals surface area contributed by atoms with E-state index in [0.717, 1.165) is 21.9 Å². The fraction of sp³-hybridized carbons (Fsp3) is 0.167. The van der Waals surface area contributed by atoms with E-state index in [-0.39, 0.29) is 11.5 Å². The number of carbonyl (C=O) groups is 2. The van der Waals surface area contributed by atoms with Crippen molar-refractivity contribution in [3.05, 3.63) is 95.8 Å². The first-order valence-corrected chi connectivity index (χ1v) is 11.9. The Balaban J connectivity index is 1.84. The van der Waals surface area contributed by atoms with Crippen LogP contribution in [0.3, 0.4) is 0 Å². The average molecular weight is 478 g/mol. The highest BCUT2D eigenvalue weighted by Gasteiger charge is 2.37. The maximum absolute atomic E-state index is 13.8. The van der Waals surface area contributed by atoms with Crippen LogP contribution in [0.4, 0.5) is 5.69 Å². The van der Waals surface area contributed by atoms with Crippen LogP contribution in [0.5, 0.6) is 0 Å². The number of hydrogen-bond acceptors (Lipinski definition) is 7. The third kappa shape index (κ3) is 3.15. The van der Waals surface area contributed by atoms with Gasteiger partial charge in [-0.05, 0) is 24.4 Å². The van der Waals surface area contributed by atoms with Gasteiger partial charge in [-0.1, -0.05) is 41.7 Å². The number of benzene rings is 1. The standard InChI is InChI=1S/C24H19N3O4S2/c1-4-11-26-15-9-6-5-8-14(15)18(21(26)28)20-22(29)27-19(16-10-7-12-32-16)17(23(30)31-3)13(2)25-24(27)33-20/h4-10,12,19H,1,11H2,2-3H3/t19-/m0/s1. The van der Waals surface area contributed by atoms with Gasteiger partial charge in [-0.2, -0.15) is 0 Å². The van der Waals surface area contributed by atoms with Crippen LogP contribution in [0.15, 0.2) is 75.5 Å². The van der Waals surface area contributed by atoms with Crippen molar-refractivity contribution >= 4 is 45.8 Å². The van der Waals surface area contributed by atoms with E-state index in [1.165, 1.54) is 23.0 Å². The molecule has 1 aromatic carbocycles. The molecule has 33 heavy (non-hydrogen) atoms. The monoisotopic (exact) mass is 477 g/mol. The second kappa shape index (κ2) is 8.09. The molecular formula is C24H19N3O4S2. The largest absolute Gasteiger partial charge is 0.466 e. The van der Waals surface area contributed by atoms with Gasteiger partial charge in [0.05, 0.1) is 29.6 Å². The number of nitrogens with zero attached hydrogens (tertiary/aromatic N) is 3. The molecule has 1 atom stereocenters. The number of anilines is 1. The second-order valence-electron chi connectivity index (χ2n) is 7.51. The number of carbonyl (C=O) groups excluding carboxylic acids is 2. The van der Waals surface area contributed by atoms with Crippen molar-refractivity contribution < 1.29 is 14.3 Å². The number of methoxy groups -OCH3 is 1. The lowest BCUT2D eigenvalue weighted by atomic mass is 10.0. The van der Waals surface area contributed by atoms with E-state index in [4.69, 9.17) is 4.74 Å². The molecule has 0 radical (unpaired) electrons. The van der Waals surface area contributed by atoms with Crippen LogP contribution >= 0.6 is 22.7 Å². The van der Waals surface area contributed by atoms with Gasteiger partial charge in [-0.15, -0.1) is 17.9 Å². The summed E-state index contributed by atoms with van der Waals surface area (Å²) in [5.41, 5.74) is 2.24. The second-order valence-corrected chi connectivity index (χ2v) is 9.46. The Labute approximate surface area is 196 Å². The number of aromatic nitrogens is 1. The molecule has 2 aliphatic rings. The van der Waals surface area contributed by atoms with Gasteiger partial charge in [0.15, 0.2) is 4.80 Å². The summed E-state index contributed by atoms with van der Waals surface area (Å²) in [5.74, 6) is -0.787. The summed E-state index contributed by atoms with van der Waals surface area (Å²) in [6, 6.07) is 10.5. The average Bonchev–Trinajstić information content (AvgIpc) is 3.51. The molecule has 5 rings (SSSR count). The quantitative estimate of drug-likeness (QED) is 0.427. The first-order chi connectivity index (χ1) is 16.0. The van der Waals surface area contributed by atoms with E-state index in [9.17, 15) is 14.4 Å². The van der Waals surface area contributed by atoms with Crippen LogP contribution in [0, 0.1) is 0 Å². The molecular weight excluding hydrogens is 458 g/mol. The molecule has 1 amide bonds. The molecule has 4 heterocycles. The molecule has 0 saturated carbocycles. The van der Waals surface area contributed by atoms with Crippen molar-refractivity contribution in [3.8, 4) is 0 Å². The zero-order valence-corrected chi connectivity index (χ0v) is 19.5. The topological polar surface area (TPSA) is 81.0 Å². The summed E-state index contributed by atoms with van der Waals surface area (Å²) in [6.45, 7) is 5.82. The number of ether oxygens (including phenoxy) is 1. The Bertz CT molecular complexity index is 1530. The summed E-state index contributed by atoms with van der Waals surface area (Å²) in [5, 5.41) is 1.89. The summed E-state index contributed by atoms with van der Waals surface area (Å²) in [4.78, 5) is 47.3. The van der Waals surface area contributed by atoms with E-state index in [1.54, 1.807) is 17.9 Å². The van der Waals surface area contributed by atoms with E-state index in [2.05, 4.69) is 11.6 Å². The third-order valence-corrected chi connectivity index (χ3v) is 7.66. The maximum atomic E-state index is 13.8. The first-order valence-electron chi connectivity index (χ1n) is 10.2. The number of amides is 1. The van der Waals surface area contributed by atoms with Crippen molar-refractivity contribution in [1.29, 1.82) is 0 Å². The number of hydrogen-bond donors (Lipinski definition) is 0. The minimum Gasteiger partial charge on any atom is -0.466 e. The Hall–Kier alpha value is -3.56. The molecule has 7 nitrogen and oxygen atoms in total. The molecule has 0 unspecified atom stereocenters. The third-order valence-electron chi connectivity index (χ3n) is 5.68. The number of allylic oxidation sites excluding steroid dienone is 1. The predicted octanol–water partition coefficient (Wildman–Crippen LogP) is 2.37.